The number of benzene rings is 1. The van der Waals surface area contributed by atoms with Crippen molar-refractivity contribution < 1.29 is 16.8 Å². The summed E-state index contributed by atoms with van der Waals surface area (Å²) in [7, 11) is -7.39. The van der Waals surface area contributed by atoms with Gasteiger partial charge in [0.15, 0.2) is 5.65 Å². The van der Waals surface area contributed by atoms with E-state index < -0.39 is 20.2 Å². The summed E-state index contributed by atoms with van der Waals surface area (Å²) >= 11 is 0. The van der Waals surface area contributed by atoms with Gasteiger partial charge in [0.1, 0.15) is 5.82 Å². The number of aryl methyl sites for hydroxylation is 1. The molecule has 0 spiro atoms. The van der Waals surface area contributed by atoms with Crippen LogP contribution in [0.1, 0.15) is 56.8 Å². The highest BCUT2D eigenvalue weighted by Crippen LogP contribution is 2.40. The highest BCUT2D eigenvalue weighted by Gasteiger charge is 2.39. The lowest BCUT2D eigenvalue weighted by molar-refractivity contribution is 0.392. The van der Waals surface area contributed by atoms with E-state index in [1.807, 2.05) is 18.2 Å². The molecule has 2 fully saturated rings. The van der Waals surface area contributed by atoms with E-state index in [0.29, 0.717) is 30.6 Å². The summed E-state index contributed by atoms with van der Waals surface area (Å²) in [5, 5.41) is 0. The molecule has 6 rings (SSSR count). The van der Waals surface area contributed by atoms with Crippen LogP contribution in [-0.2, 0) is 20.2 Å². The van der Waals surface area contributed by atoms with Gasteiger partial charge in [0.2, 0.25) is 0 Å². The van der Waals surface area contributed by atoms with E-state index in [9.17, 15) is 16.8 Å². The number of fused-ring (bicyclic) bond motifs is 3. The Balaban J connectivity index is 1.34. The topological polar surface area (TPSA) is 119 Å². The molecule has 4 atom stereocenters. The SMILES string of the molecule is Cc1ccc(S(=O)(=O)n2ccc3c2ncc2cnc([C@H]4C[C@@H](NS(=O)(=O)N5CCC[C@@H]5C)C[C@H]4C)n23)cc1. The molecule has 0 amide bonds. The Labute approximate surface area is 222 Å². The summed E-state index contributed by atoms with van der Waals surface area (Å²) in [6, 6.07) is 8.32. The number of nitrogens with zero attached hydrogens (tertiary/aromatic N) is 5. The molecule has 4 aromatic rings. The van der Waals surface area contributed by atoms with Gasteiger partial charge >= 0.3 is 0 Å². The van der Waals surface area contributed by atoms with Crippen molar-refractivity contribution in [2.75, 3.05) is 6.54 Å². The molecule has 1 saturated heterocycles. The number of rotatable bonds is 6. The zero-order valence-corrected chi connectivity index (χ0v) is 23.3. The molecule has 1 N–H and O–H groups in total. The van der Waals surface area contributed by atoms with Crippen molar-refractivity contribution in [3.05, 3.63) is 60.3 Å². The van der Waals surface area contributed by atoms with Gasteiger partial charge in [0.05, 0.1) is 28.3 Å². The Morgan fingerprint density at radius 3 is 2.42 bits per heavy atom. The molecular formula is C26H32N6O4S2. The van der Waals surface area contributed by atoms with Gasteiger partial charge in [0.25, 0.3) is 20.2 Å². The zero-order chi connectivity index (χ0) is 26.8. The van der Waals surface area contributed by atoms with Gasteiger partial charge in [-0.15, -0.1) is 0 Å². The van der Waals surface area contributed by atoms with Crippen molar-refractivity contribution >= 4 is 36.9 Å². The minimum Gasteiger partial charge on any atom is -0.291 e. The van der Waals surface area contributed by atoms with Crippen LogP contribution in [0.3, 0.4) is 0 Å². The monoisotopic (exact) mass is 556 g/mol. The molecule has 0 bridgehead atoms. The first-order valence-corrected chi connectivity index (χ1v) is 15.9. The van der Waals surface area contributed by atoms with Crippen LogP contribution in [0, 0.1) is 12.8 Å². The molecule has 4 heterocycles. The molecule has 202 valence electrons. The maximum Gasteiger partial charge on any atom is 0.279 e. The number of hydrogen-bond donors (Lipinski definition) is 1. The lowest BCUT2D eigenvalue weighted by Crippen LogP contribution is -2.46. The molecular weight excluding hydrogens is 524 g/mol. The number of aromatic nitrogens is 4. The Kier molecular flexibility index (Phi) is 6.13. The first-order valence-electron chi connectivity index (χ1n) is 13.0. The van der Waals surface area contributed by atoms with Crippen molar-refractivity contribution in [3.63, 3.8) is 0 Å². The molecule has 1 aliphatic heterocycles. The third-order valence-electron chi connectivity index (χ3n) is 8.09. The molecule has 1 aliphatic carbocycles. The fraction of sp³-hybridized carbons (Fsp3) is 0.462. The number of imidazole rings is 1. The summed E-state index contributed by atoms with van der Waals surface area (Å²) in [6.45, 7) is 6.53. The van der Waals surface area contributed by atoms with Crippen LogP contribution in [0.25, 0.3) is 16.7 Å². The van der Waals surface area contributed by atoms with E-state index in [2.05, 4.69) is 16.6 Å². The minimum absolute atomic E-state index is 0.00357. The molecule has 1 aromatic carbocycles. The van der Waals surface area contributed by atoms with Crippen molar-refractivity contribution in [2.24, 2.45) is 5.92 Å². The van der Waals surface area contributed by atoms with Crippen molar-refractivity contribution in [3.8, 4) is 0 Å². The van der Waals surface area contributed by atoms with E-state index in [-0.39, 0.29) is 28.8 Å². The molecule has 10 nitrogen and oxygen atoms in total. The molecule has 12 heteroatoms. The van der Waals surface area contributed by atoms with Gasteiger partial charge in [-0.05, 0) is 63.6 Å². The van der Waals surface area contributed by atoms with E-state index in [0.717, 1.165) is 29.7 Å². The van der Waals surface area contributed by atoms with E-state index in [4.69, 9.17) is 4.98 Å². The standard InChI is InChI=1S/C26H32N6O4S2/c1-17-6-8-22(9-7-17)37(33,34)31-12-10-24-26(31)28-16-21-15-27-25(32(21)24)23-14-20(13-18(23)2)29-38(35,36)30-11-4-5-19(30)3/h6-10,12,15-16,18-20,23,29H,4-5,11,13-14H2,1-3H3/t18-,19+,20+,23+/m1/s1. The summed E-state index contributed by atoms with van der Waals surface area (Å²) in [6.07, 6.45) is 8.00. The smallest absolute Gasteiger partial charge is 0.279 e. The molecule has 0 radical (unpaired) electrons. The van der Waals surface area contributed by atoms with Gasteiger partial charge in [-0.3, -0.25) is 4.40 Å². The van der Waals surface area contributed by atoms with Crippen LogP contribution in [-0.4, -0.2) is 58.1 Å². The quantitative estimate of drug-likeness (QED) is 0.389. The molecule has 1 saturated carbocycles. The van der Waals surface area contributed by atoms with Crippen molar-refractivity contribution in [2.45, 2.75) is 69.4 Å². The number of nitrogens with one attached hydrogen (secondary N) is 1. The second-order valence-electron chi connectivity index (χ2n) is 10.8. The first-order chi connectivity index (χ1) is 18.1. The fourth-order valence-electron chi connectivity index (χ4n) is 6.08. The Hall–Kier alpha value is -2.80. The summed E-state index contributed by atoms with van der Waals surface area (Å²) in [4.78, 5) is 9.39. The maximum absolute atomic E-state index is 13.4. The van der Waals surface area contributed by atoms with E-state index >= 15 is 0 Å². The second-order valence-corrected chi connectivity index (χ2v) is 14.2. The van der Waals surface area contributed by atoms with Crippen LogP contribution in [0.5, 0.6) is 0 Å². The van der Waals surface area contributed by atoms with Crippen LogP contribution in [0.15, 0.2) is 53.8 Å². The predicted molar refractivity (Wildman–Crippen MR) is 145 cm³/mol. The third-order valence-corrected chi connectivity index (χ3v) is 11.6. The van der Waals surface area contributed by atoms with Gasteiger partial charge < -0.3 is 0 Å². The first kappa shape index (κ1) is 25.5. The normalized spacial score (nSPS) is 25.1. The third kappa shape index (κ3) is 4.14. The Morgan fingerprint density at radius 1 is 0.974 bits per heavy atom. The largest absolute Gasteiger partial charge is 0.291 e. The zero-order valence-electron chi connectivity index (χ0n) is 21.6. The summed E-state index contributed by atoms with van der Waals surface area (Å²) in [5.74, 6) is 0.983. The van der Waals surface area contributed by atoms with Gasteiger partial charge in [-0.2, -0.15) is 17.4 Å². The van der Waals surface area contributed by atoms with Gasteiger partial charge in [-0.1, -0.05) is 24.6 Å². The molecule has 3 aromatic heterocycles. The fourth-order valence-corrected chi connectivity index (χ4v) is 9.07. The van der Waals surface area contributed by atoms with E-state index in [1.54, 1.807) is 47.0 Å². The minimum atomic E-state index is -3.84. The molecule has 38 heavy (non-hydrogen) atoms. The Morgan fingerprint density at radius 2 is 1.71 bits per heavy atom. The highest BCUT2D eigenvalue weighted by atomic mass is 32.2. The van der Waals surface area contributed by atoms with Crippen LogP contribution in [0.4, 0.5) is 0 Å². The summed E-state index contributed by atoms with van der Waals surface area (Å²) in [5.41, 5.74) is 2.71. The van der Waals surface area contributed by atoms with Gasteiger partial charge in [0, 0.05) is 30.7 Å². The lowest BCUT2D eigenvalue weighted by Gasteiger charge is -2.23. The predicted octanol–water partition coefficient (Wildman–Crippen LogP) is 3.43. The number of hydrogen-bond acceptors (Lipinski definition) is 6. The lowest BCUT2D eigenvalue weighted by atomic mass is 9.97. The highest BCUT2D eigenvalue weighted by molar-refractivity contribution is 7.90. The maximum atomic E-state index is 13.4. The Bertz CT molecular complexity index is 1730. The molecule has 2 aliphatic rings. The van der Waals surface area contributed by atoms with Crippen LogP contribution in [0.2, 0.25) is 0 Å². The van der Waals surface area contributed by atoms with E-state index in [1.165, 1.54) is 10.2 Å². The van der Waals surface area contributed by atoms with Crippen LogP contribution >= 0.6 is 0 Å². The van der Waals surface area contributed by atoms with Crippen molar-refractivity contribution in [1.82, 2.24) is 27.4 Å². The van der Waals surface area contributed by atoms with Crippen molar-refractivity contribution in [1.29, 1.82) is 0 Å². The second kappa shape index (κ2) is 9.15. The molecule has 0 unspecified atom stereocenters. The average Bonchev–Trinajstić information content (AvgIpc) is 3.64. The van der Waals surface area contributed by atoms with Crippen LogP contribution < -0.4 is 4.72 Å². The summed E-state index contributed by atoms with van der Waals surface area (Å²) < 4.78 is 60.6. The van der Waals surface area contributed by atoms with Gasteiger partial charge in [-0.25, -0.2) is 22.4 Å². The average molecular weight is 557 g/mol.